The van der Waals surface area contributed by atoms with Gasteiger partial charge in [0.15, 0.2) is 0 Å². The summed E-state index contributed by atoms with van der Waals surface area (Å²) in [6.07, 6.45) is 0.206. The fraction of sp³-hybridized carbons (Fsp3) is 0.222. The number of nitrogens with zero attached hydrogens (tertiary/aromatic N) is 3. The Hall–Kier alpha value is -4.39. The average Bonchev–Trinajstić information content (AvgIpc) is 3.32. The Morgan fingerprint density at radius 2 is 1.42 bits per heavy atom. The van der Waals surface area contributed by atoms with E-state index in [1.807, 2.05) is 42.2 Å². The first kappa shape index (κ1) is 28.7. The standard InChI is InChI=1S/C36H34ClN3O3/c1-25-31(32-23-30(43-2)17-18-33(32)40(25)36(42)28-13-15-29(37)16-14-28)24-34(41)38-19-21-39(22-20-38)35(26-9-5-3-6-10-26)27-11-7-4-8-12-27/h3-18,23,35H,19-22,24H2,1-2H3. The molecule has 6 nitrogen and oxygen atoms in total. The summed E-state index contributed by atoms with van der Waals surface area (Å²) in [6.45, 7) is 4.72. The van der Waals surface area contributed by atoms with Crippen LogP contribution in [-0.4, -0.2) is 59.5 Å². The molecule has 0 N–H and O–H groups in total. The van der Waals surface area contributed by atoms with Gasteiger partial charge in [-0.3, -0.25) is 19.1 Å². The molecule has 5 aromatic rings. The maximum Gasteiger partial charge on any atom is 0.262 e. The second-order valence-electron chi connectivity index (χ2n) is 10.9. The van der Waals surface area contributed by atoms with Crippen molar-refractivity contribution in [2.24, 2.45) is 0 Å². The van der Waals surface area contributed by atoms with Gasteiger partial charge in [0, 0.05) is 47.8 Å². The van der Waals surface area contributed by atoms with E-state index in [-0.39, 0.29) is 24.3 Å². The number of hydrogen-bond donors (Lipinski definition) is 0. The highest BCUT2D eigenvalue weighted by atomic mass is 35.5. The molecule has 1 aromatic heterocycles. The molecule has 0 saturated carbocycles. The zero-order chi connectivity index (χ0) is 29.9. The van der Waals surface area contributed by atoms with Gasteiger partial charge in [-0.25, -0.2) is 0 Å². The minimum atomic E-state index is -0.162. The van der Waals surface area contributed by atoms with Crippen LogP contribution in [0.5, 0.6) is 5.75 Å². The van der Waals surface area contributed by atoms with Crippen LogP contribution in [0.2, 0.25) is 5.02 Å². The summed E-state index contributed by atoms with van der Waals surface area (Å²) in [5.41, 5.74) is 5.37. The summed E-state index contributed by atoms with van der Waals surface area (Å²) in [6, 6.07) is 33.7. The van der Waals surface area contributed by atoms with Gasteiger partial charge in [0.2, 0.25) is 5.91 Å². The Kier molecular flexibility index (Phi) is 8.32. The smallest absolute Gasteiger partial charge is 0.262 e. The average molecular weight is 592 g/mol. The minimum absolute atomic E-state index is 0.0551. The van der Waals surface area contributed by atoms with Gasteiger partial charge < -0.3 is 9.64 Å². The van der Waals surface area contributed by atoms with E-state index in [2.05, 4.69) is 53.4 Å². The summed E-state index contributed by atoms with van der Waals surface area (Å²) in [7, 11) is 1.62. The van der Waals surface area contributed by atoms with Crippen LogP contribution in [0.15, 0.2) is 103 Å². The molecule has 6 rings (SSSR count). The number of fused-ring (bicyclic) bond motifs is 1. The predicted octanol–water partition coefficient (Wildman–Crippen LogP) is 6.78. The lowest BCUT2D eigenvalue weighted by atomic mass is 9.96. The fourth-order valence-corrected chi connectivity index (χ4v) is 6.30. The molecule has 4 aromatic carbocycles. The molecule has 0 atom stereocenters. The number of benzene rings is 4. The Labute approximate surface area is 257 Å². The second-order valence-corrected chi connectivity index (χ2v) is 11.3. The van der Waals surface area contributed by atoms with Gasteiger partial charge in [-0.05, 0) is 66.1 Å². The molecule has 0 bridgehead atoms. The van der Waals surface area contributed by atoms with E-state index in [0.29, 0.717) is 29.4 Å². The molecule has 2 heterocycles. The first-order valence-electron chi connectivity index (χ1n) is 14.5. The van der Waals surface area contributed by atoms with E-state index >= 15 is 0 Å². The number of ether oxygens (including phenoxy) is 1. The molecule has 0 unspecified atom stereocenters. The number of carbonyl (C=O) groups is 2. The third-order valence-electron chi connectivity index (χ3n) is 8.43. The Balaban J connectivity index is 1.24. The lowest BCUT2D eigenvalue weighted by molar-refractivity contribution is -0.132. The van der Waals surface area contributed by atoms with E-state index in [0.717, 1.165) is 35.2 Å². The van der Waals surface area contributed by atoms with Gasteiger partial charge in [-0.2, -0.15) is 0 Å². The largest absolute Gasteiger partial charge is 0.497 e. The minimum Gasteiger partial charge on any atom is -0.497 e. The number of carbonyl (C=O) groups excluding carboxylic acids is 2. The molecule has 7 heteroatoms. The molecule has 0 spiro atoms. The zero-order valence-corrected chi connectivity index (χ0v) is 25.1. The normalized spacial score (nSPS) is 13.9. The van der Waals surface area contributed by atoms with Crippen LogP contribution in [-0.2, 0) is 11.2 Å². The molecule has 1 aliphatic heterocycles. The SMILES string of the molecule is COc1ccc2c(c1)c(CC(=O)N1CCN(C(c3ccccc3)c3ccccc3)CC1)c(C)n2C(=O)c1ccc(Cl)cc1. The third-order valence-corrected chi connectivity index (χ3v) is 8.68. The highest BCUT2D eigenvalue weighted by Gasteiger charge is 2.29. The van der Waals surface area contributed by atoms with Crippen molar-refractivity contribution in [3.63, 3.8) is 0 Å². The number of methoxy groups -OCH3 is 1. The first-order valence-corrected chi connectivity index (χ1v) is 14.9. The predicted molar refractivity (Wildman–Crippen MR) is 171 cm³/mol. The maximum atomic E-state index is 13.8. The van der Waals surface area contributed by atoms with Crippen molar-refractivity contribution in [2.75, 3.05) is 33.3 Å². The van der Waals surface area contributed by atoms with Crippen molar-refractivity contribution in [3.8, 4) is 5.75 Å². The van der Waals surface area contributed by atoms with Gasteiger partial charge >= 0.3 is 0 Å². The van der Waals surface area contributed by atoms with E-state index in [1.54, 1.807) is 35.9 Å². The molecule has 43 heavy (non-hydrogen) atoms. The molecular weight excluding hydrogens is 558 g/mol. The summed E-state index contributed by atoms with van der Waals surface area (Å²) < 4.78 is 7.20. The molecule has 0 radical (unpaired) electrons. The topological polar surface area (TPSA) is 54.8 Å². The van der Waals surface area contributed by atoms with Crippen LogP contribution in [0.1, 0.15) is 38.8 Å². The number of piperazine rings is 1. The molecule has 1 amide bonds. The summed E-state index contributed by atoms with van der Waals surface area (Å²) in [5.74, 6) is 0.572. The summed E-state index contributed by atoms with van der Waals surface area (Å²) in [5, 5.41) is 1.42. The van der Waals surface area contributed by atoms with Gasteiger partial charge in [-0.1, -0.05) is 72.3 Å². The quantitative estimate of drug-likeness (QED) is 0.209. The highest BCUT2D eigenvalue weighted by Crippen LogP contribution is 2.32. The van der Waals surface area contributed by atoms with Gasteiger partial charge in [0.1, 0.15) is 5.75 Å². The zero-order valence-electron chi connectivity index (χ0n) is 24.4. The van der Waals surface area contributed by atoms with Crippen molar-refractivity contribution in [1.82, 2.24) is 14.4 Å². The highest BCUT2D eigenvalue weighted by molar-refractivity contribution is 6.30. The molecule has 218 valence electrons. The third kappa shape index (κ3) is 5.81. The van der Waals surface area contributed by atoms with Crippen LogP contribution < -0.4 is 4.74 Å². The van der Waals surface area contributed by atoms with Crippen molar-refractivity contribution in [1.29, 1.82) is 0 Å². The van der Waals surface area contributed by atoms with Crippen LogP contribution in [0, 0.1) is 6.92 Å². The van der Waals surface area contributed by atoms with Gasteiger partial charge in [0.05, 0.1) is 25.1 Å². The van der Waals surface area contributed by atoms with E-state index < -0.39 is 0 Å². The lowest BCUT2D eigenvalue weighted by Crippen LogP contribution is -2.50. The first-order chi connectivity index (χ1) is 20.9. The fourth-order valence-electron chi connectivity index (χ4n) is 6.17. The monoisotopic (exact) mass is 591 g/mol. The summed E-state index contributed by atoms with van der Waals surface area (Å²) in [4.78, 5) is 31.9. The van der Waals surface area contributed by atoms with E-state index in [9.17, 15) is 9.59 Å². The molecule has 1 saturated heterocycles. The van der Waals surface area contributed by atoms with Gasteiger partial charge in [0.25, 0.3) is 5.91 Å². The van der Waals surface area contributed by atoms with E-state index in [4.69, 9.17) is 16.3 Å². The van der Waals surface area contributed by atoms with Crippen molar-refractivity contribution in [3.05, 3.63) is 136 Å². The van der Waals surface area contributed by atoms with Crippen molar-refractivity contribution >= 4 is 34.3 Å². The van der Waals surface area contributed by atoms with Crippen LogP contribution in [0.25, 0.3) is 10.9 Å². The van der Waals surface area contributed by atoms with Crippen molar-refractivity contribution in [2.45, 2.75) is 19.4 Å². The maximum absolute atomic E-state index is 13.8. The second kappa shape index (κ2) is 12.5. The number of rotatable bonds is 7. The molecule has 0 aliphatic carbocycles. The number of aromatic nitrogens is 1. The number of amides is 1. The Bertz CT molecular complexity index is 1700. The molecular formula is C36H34ClN3O3. The Morgan fingerprint density at radius 3 is 2.00 bits per heavy atom. The van der Waals surface area contributed by atoms with Gasteiger partial charge in [-0.15, -0.1) is 0 Å². The number of hydrogen-bond acceptors (Lipinski definition) is 4. The Morgan fingerprint density at radius 1 is 0.814 bits per heavy atom. The van der Waals surface area contributed by atoms with Crippen LogP contribution in [0.3, 0.4) is 0 Å². The van der Waals surface area contributed by atoms with E-state index in [1.165, 1.54) is 11.1 Å². The van der Waals surface area contributed by atoms with Crippen molar-refractivity contribution < 1.29 is 14.3 Å². The number of halogens is 1. The molecule has 1 aliphatic rings. The summed E-state index contributed by atoms with van der Waals surface area (Å²) >= 11 is 6.07. The van der Waals surface area contributed by atoms with Crippen LogP contribution >= 0.6 is 11.6 Å². The molecule has 1 fully saturated rings. The van der Waals surface area contributed by atoms with Crippen LogP contribution in [0.4, 0.5) is 0 Å². The lowest BCUT2D eigenvalue weighted by Gasteiger charge is -2.40.